The van der Waals surface area contributed by atoms with Crippen molar-refractivity contribution in [1.82, 2.24) is 0 Å². The van der Waals surface area contributed by atoms with Crippen LogP contribution >= 0.6 is 0 Å². The van der Waals surface area contributed by atoms with E-state index in [1.807, 2.05) is 6.92 Å². The third-order valence-electron chi connectivity index (χ3n) is 1.62. The summed E-state index contributed by atoms with van der Waals surface area (Å²) in [4.78, 5) is 14.7. The van der Waals surface area contributed by atoms with Gasteiger partial charge in [-0.1, -0.05) is 17.3 Å². The SMILES string of the molecule is CON=C(C)c1ccc(N=O)cc1. The number of oxime groups is 1. The second-order valence-electron chi connectivity index (χ2n) is 2.50. The van der Waals surface area contributed by atoms with Crippen molar-refractivity contribution in [3.63, 3.8) is 0 Å². The second-order valence-corrected chi connectivity index (χ2v) is 2.50. The van der Waals surface area contributed by atoms with Crippen LogP contribution in [0.5, 0.6) is 0 Å². The standard InChI is InChI=1S/C9H10N2O2/c1-7(11-13-2)8-3-5-9(10-12)6-4-8/h3-6H,1-2H3. The monoisotopic (exact) mass is 178 g/mol. The molecule has 4 nitrogen and oxygen atoms in total. The first-order valence-electron chi connectivity index (χ1n) is 3.79. The summed E-state index contributed by atoms with van der Waals surface area (Å²) in [5, 5.41) is 6.55. The van der Waals surface area contributed by atoms with E-state index in [0.717, 1.165) is 11.3 Å². The Hall–Kier alpha value is -1.71. The molecular formula is C9H10N2O2. The van der Waals surface area contributed by atoms with E-state index in [1.54, 1.807) is 24.3 Å². The van der Waals surface area contributed by atoms with Gasteiger partial charge >= 0.3 is 0 Å². The maximum Gasteiger partial charge on any atom is 0.108 e. The maximum absolute atomic E-state index is 10.1. The van der Waals surface area contributed by atoms with Gasteiger partial charge in [0, 0.05) is 0 Å². The molecular weight excluding hydrogens is 168 g/mol. The van der Waals surface area contributed by atoms with Crippen molar-refractivity contribution in [1.29, 1.82) is 0 Å². The zero-order valence-electron chi connectivity index (χ0n) is 7.52. The van der Waals surface area contributed by atoms with Crippen LogP contribution in [0, 0.1) is 4.91 Å². The minimum atomic E-state index is 0.411. The van der Waals surface area contributed by atoms with Gasteiger partial charge < -0.3 is 4.84 Å². The van der Waals surface area contributed by atoms with Crippen LogP contribution in [0.2, 0.25) is 0 Å². The zero-order valence-corrected chi connectivity index (χ0v) is 7.52. The fourth-order valence-corrected chi connectivity index (χ4v) is 0.953. The Labute approximate surface area is 76.2 Å². The second kappa shape index (κ2) is 4.35. The van der Waals surface area contributed by atoms with Crippen LogP contribution < -0.4 is 0 Å². The summed E-state index contributed by atoms with van der Waals surface area (Å²) in [5.74, 6) is 0. The summed E-state index contributed by atoms with van der Waals surface area (Å²) in [6, 6.07) is 6.82. The van der Waals surface area contributed by atoms with E-state index in [1.165, 1.54) is 7.11 Å². The summed E-state index contributed by atoms with van der Waals surface area (Å²) in [6.07, 6.45) is 0. The lowest BCUT2D eigenvalue weighted by atomic mass is 10.1. The molecule has 0 radical (unpaired) electrons. The molecule has 0 atom stereocenters. The molecule has 13 heavy (non-hydrogen) atoms. The Morgan fingerprint density at radius 1 is 1.31 bits per heavy atom. The largest absolute Gasteiger partial charge is 0.399 e. The highest BCUT2D eigenvalue weighted by Crippen LogP contribution is 2.12. The van der Waals surface area contributed by atoms with Gasteiger partial charge in [-0.15, -0.1) is 4.91 Å². The van der Waals surface area contributed by atoms with E-state index in [0.29, 0.717) is 5.69 Å². The van der Waals surface area contributed by atoms with Crippen LogP contribution in [0.15, 0.2) is 34.6 Å². The summed E-state index contributed by atoms with van der Waals surface area (Å²) in [7, 11) is 1.49. The summed E-state index contributed by atoms with van der Waals surface area (Å²) >= 11 is 0. The maximum atomic E-state index is 10.1. The van der Waals surface area contributed by atoms with Gasteiger partial charge in [0.05, 0.1) is 5.71 Å². The van der Waals surface area contributed by atoms with E-state index in [9.17, 15) is 4.91 Å². The Kier molecular flexibility index (Phi) is 3.14. The first-order valence-corrected chi connectivity index (χ1v) is 3.79. The molecule has 0 fully saturated rings. The van der Waals surface area contributed by atoms with Crippen molar-refractivity contribution in [2.75, 3.05) is 7.11 Å². The molecule has 0 heterocycles. The molecule has 1 aromatic carbocycles. The molecule has 4 heteroatoms. The molecule has 1 rings (SSSR count). The molecule has 0 amide bonds. The highest BCUT2D eigenvalue weighted by Gasteiger charge is 1.97. The van der Waals surface area contributed by atoms with Gasteiger partial charge in [0.2, 0.25) is 0 Å². The summed E-state index contributed by atoms with van der Waals surface area (Å²) in [6.45, 7) is 1.83. The molecule has 0 N–H and O–H groups in total. The number of nitroso groups, excluding NO2 is 1. The third kappa shape index (κ3) is 2.37. The minimum absolute atomic E-state index is 0.411. The van der Waals surface area contributed by atoms with E-state index >= 15 is 0 Å². The van der Waals surface area contributed by atoms with Crippen molar-refractivity contribution in [3.05, 3.63) is 34.7 Å². The average molecular weight is 178 g/mol. The lowest BCUT2D eigenvalue weighted by molar-refractivity contribution is 0.213. The van der Waals surface area contributed by atoms with E-state index in [-0.39, 0.29) is 0 Å². The van der Waals surface area contributed by atoms with Crippen molar-refractivity contribution >= 4 is 11.4 Å². The number of hydrogen-bond acceptors (Lipinski definition) is 4. The Balaban J connectivity index is 2.91. The van der Waals surface area contributed by atoms with Crippen LogP contribution in [0.1, 0.15) is 12.5 Å². The predicted molar refractivity (Wildman–Crippen MR) is 51.1 cm³/mol. The minimum Gasteiger partial charge on any atom is -0.399 e. The van der Waals surface area contributed by atoms with Gasteiger partial charge in [0.25, 0.3) is 0 Å². The first kappa shape index (κ1) is 9.38. The highest BCUT2D eigenvalue weighted by atomic mass is 16.6. The van der Waals surface area contributed by atoms with E-state index in [2.05, 4.69) is 15.2 Å². The number of benzene rings is 1. The molecule has 0 saturated carbocycles. The smallest absolute Gasteiger partial charge is 0.108 e. The number of nitrogens with zero attached hydrogens (tertiary/aromatic N) is 2. The third-order valence-corrected chi connectivity index (χ3v) is 1.62. The molecule has 0 aliphatic rings. The van der Waals surface area contributed by atoms with E-state index < -0.39 is 0 Å². The summed E-state index contributed by atoms with van der Waals surface area (Å²) < 4.78 is 0. The van der Waals surface area contributed by atoms with Gasteiger partial charge in [-0.05, 0) is 29.8 Å². The molecule has 1 aromatic rings. The van der Waals surface area contributed by atoms with Crippen molar-refractivity contribution in [3.8, 4) is 0 Å². The lowest BCUT2D eigenvalue weighted by Gasteiger charge is -1.98. The molecule has 0 aliphatic heterocycles. The fraction of sp³-hybridized carbons (Fsp3) is 0.222. The van der Waals surface area contributed by atoms with Gasteiger partial charge in [0.1, 0.15) is 12.8 Å². The van der Waals surface area contributed by atoms with Gasteiger partial charge in [-0.2, -0.15) is 0 Å². The molecule has 0 aliphatic carbocycles. The molecule has 68 valence electrons. The van der Waals surface area contributed by atoms with Crippen molar-refractivity contribution < 1.29 is 4.84 Å². The Morgan fingerprint density at radius 3 is 2.38 bits per heavy atom. The number of rotatable bonds is 3. The van der Waals surface area contributed by atoms with Crippen molar-refractivity contribution in [2.45, 2.75) is 6.92 Å². The van der Waals surface area contributed by atoms with Crippen LogP contribution in [0.3, 0.4) is 0 Å². The molecule has 0 aromatic heterocycles. The van der Waals surface area contributed by atoms with Gasteiger partial charge in [-0.25, -0.2) is 0 Å². The average Bonchev–Trinajstić information content (AvgIpc) is 2.18. The topological polar surface area (TPSA) is 51.0 Å². The Morgan fingerprint density at radius 2 is 1.92 bits per heavy atom. The molecule has 0 spiro atoms. The predicted octanol–water partition coefficient (Wildman–Crippen LogP) is 2.45. The van der Waals surface area contributed by atoms with Crippen LogP contribution in [0.25, 0.3) is 0 Å². The van der Waals surface area contributed by atoms with Crippen LogP contribution in [0.4, 0.5) is 5.69 Å². The normalized spacial score (nSPS) is 11.1. The quantitative estimate of drug-likeness (QED) is 0.405. The molecule has 0 unspecified atom stereocenters. The zero-order chi connectivity index (χ0) is 9.68. The molecule has 0 bridgehead atoms. The fourth-order valence-electron chi connectivity index (χ4n) is 0.953. The van der Waals surface area contributed by atoms with Crippen LogP contribution in [-0.4, -0.2) is 12.8 Å². The Bertz CT molecular complexity index is 317. The number of hydrogen-bond donors (Lipinski definition) is 0. The van der Waals surface area contributed by atoms with Crippen molar-refractivity contribution in [2.24, 2.45) is 10.3 Å². The lowest BCUT2D eigenvalue weighted by Crippen LogP contribution is -1.93. The summed E-state index contributed by atoms with van der Waals surface area (Å²) in [5.41, 5.74) is 2.09. The van der Waals surface area contributed by atoms with E-state index in [4.69, 9.17) is 0 Å². The molecule has 0 saturated heterocycles. The first-order chi connectivity index (χ1) is 6.27. The van der Waals surface area contributed by atoms with Crippen LogP contribution in [-0.2, 0) is 4.84 Å². The van der Waals surface area contributed by atoms with Gasteiger partial charge in [0.15, 0.2) is 0 Å². The van der Waals surface area contributed by atoms with Gasteiger partial charge in [-0.3, -0.25) is 0 Å². The highest BCUT2D eigenvalue weighted by molar-refractivity contribution is 5.98.